The van der Waals surface area contributed by atoms with Gasteiger partial charge in [0.25, 0.3) is 0 Å². The van der Waals surface area contributed by atoms with E-state index in [1.165, 1.54) is 5.57 Å². The first-order valence-electron chi connectivity index (χ1n) is 10.1. The van der Waals surface area contributed by atoms with Crippen LogP contribution >= 0.6 is 0 Å². The molecule has 1 heterocycles. The van der Waals surface area contributed by atoms with Gasteiger partial charge in [0.15, 0.2) is 0 Å². The third kappa shape index (κ3) is 6.09. The Bertz CT molecular complexity index is 498. The molecule has 0 N–H and O–H groups in total. The number of methoxy groups -OCH3 is 2. The molecule has 0 aromatic rings. The average Bonchev–Trinajstić information content (AvgIpc) is 2.71. The van der Waals surface area contributed by atoms with Gasteiger partial charge in [-0.2, -0.15) is 0 Å². The minimum Gasteiger partial charge on any atom is -0.381 e. The van der Waals surface area contributed by atoms with Gasteiger partial charge in [-0.3, -0.25) is 0 Å². The topological polar surface area (TPSA) is 34.2 Å². The third-order valence-corrected chi connectivity index (χ3v) is 5.53. The maximum Gasteiger partial charge on any atom is 0.138 e. The highest BCUT2D eigenvalue weighted by molar-refractivity contribution is 5.33. The monoisotopic (exact) mass is 380 g/mol. The largest absolute Gasteiger partial charge is 0.381 e. The van der Waals surface area contributed by atoms with Gasteiger partial charge in [0.05, 0.1) is 30.7 Å². The number of morpholine rings is 1. The molecule has 3 atom stereocenters. The number of hydrogen-bond donors (Lipinski definition) is 0. The molecule has 1 unspecified atom stereocenters. The molecule has 1 rings (SSSR count). The standard InChI is InChI=1S/C22H40N2O3/c1-9-12-20(19(6)25-7)22(26-8)24(11-3)21(17(4)10-2)18(5)23-13-15-27-16-14-23/h11,19-20,22H,3,5,9-10,12-16H2,1-2,4,6-8H3/b21-17-/t19-,20-,22?/m1/s1. The van der Waals surface area contributed by atoms with Crippen LogP contribution < -0.4 is 0 Å². The maximum absolute atomic E-state index is 6.01. The van der Waals surface area contributed by atoms with Crippen LogP contribution in [-0.2, 0) is 14.2 Å². The molecule has 0 spiro atoms. The van der Waals surface area contributed by atoms with Crippen molar-refractivity contribution >= 4 is 0 Å². The fourth-order valence-corrected chi connectivity index (χ4v) is 3.70. The van der Waals surface area contributed by atoms with Crippen LogP contribution in [0.1, 0.15) is 47.0 Å². The lowest BCUT2D eigenvalue weighted by Gasteiger charge is -2.42. The molecule has 5 heteroatoms. The number of ether oxygens (including phenoxy) is 3. The molecule has 156 valence electrons. The van der Waals surface area contributed by atoms with E-state index in [-0.39, 0.29) is 18.2 Å². The molecule has 0 bridgehead atoms. The van der Waals surface area contributed by atoms with E-state index in [1.54, 1.807) is 14.2 Å². The summed E-state index contributed by atoms with van der Waals surface area (Å²) >= 11 is 0. The van der Waals surface area contributed by atoms with Crippen molar-refractivity contribution in [3.63, 3.8) is 0 Å². The summed E-state index contributed by atoms with van der Waals surface area (Å²) in [6.07, 6.45) is 4.82. The van der Waals surface area contributed by atoms with Gasteiger partial charge in [-0.25, -0.2) is 0 Å². The first-order valence-corrected chi connectivity index (χ1v) is 10.1. The second kappa shape index (κ2) is 12.2. The van der Waals surface area contributed by atoms with E-state index in [0.717, 1.165) is 57.0 Å². The molecule has 0 aromatic carbocycles. The predicted octanol–water partition coefficient (Wildman–Crippen LogP) is 4.39. The van der Waals surface area contributed by atoms with Gasteiger partial charge in [-0.05, 0) is 38.5 Å². The summed E-state index contributed by atoms with van der Waals surface area (Å²) < 4.78 is 17.2. The molecule has 1 aliphatic heterocycles. The minimum absolute atomic E-state index is 0.0807. The molecule has 1 aliphatic rings. The second-order valence-electron chi connectivity index (χ2n) is 7.14. The van der Waals surface area contributed by atoms with Gasteiger partial charge >= 0.3 is 0 Å². The average molecular weight is 381 g/mol. The Balaban J connectivity index is 3.29. The van der Waals surface area contributed by atoms with Gasteiger partial charge in [0.2, 0.25) is 0 Å². The Morgan fingerprint density at radius 3 is 2.30 bits per heavy atom. The Labute approximate surface area is 166 Å². The summed E-state index contributed by atoms with van der Waals surface area (Å²) in [6.45, 7) is 20.4. The molecular weight excluding hydrogens is 340 g/mol. The zero-order valence-electron chi connectivity index (χ0n) is 18.3. The normalized spacial score (nSPS) is 19.1. The SMILES string of the molecule is C=CN(/C(C(=C)N1CCOCC1)=C(/C)CC)C(OC)[C@H](CCC)[C@@H](C)OC. The lowest BCUT2D eigenvalue weighted by Crippen LogP contribution is -2.45. The van der Waals surface area contributed by atoms with Crippen LogP contribution in [0, 0.1) is 5.92 Å². The van der Waals surface area contributed by atoms with Crippen LogP contribution in [-0.4, -0.2) is 62.7 Å². The number of allylic oxidation sites excluding steroid dienone is 1. The van der Waals surface area contributed by atoms with E-state index in [1.807, 2.05) is 6.20 Å². The Morgan fingerprint density at radius 1 is 1.22 bits per heavy atom. The van der Waals surface area contributed by atoms with Crippen molar-refractivity contribution < 1.29 is 14.2 Å². The fourth-order valence-electron chi connectivity index (χ4n) is 3.70. The van der Waals surface area contributed by atoms with Gasteiger partial charge in [0, 0.05) is 33.2 Å². The van der Waals surface area contributed by atoms with Crippen LogP contribution in [0.2, 0.25) is 0 Å². The Kier molecular flexibility index (Phi) is 10.7. The van der Waals surface area contributed by atoms with Crippen LogP contribution in [0.5, 0.6) is 0 Å². The summed E-state index contributed by atoms with van der Waals surface area (Å²) in [5.74, 6) is 0.222. The summed E-state index contributed by atoms with van der Waals surface area (Å²) in [5.41, 5.74) is 3.39. The number of rotatable bonds is 12. The van der Waals surface area contributed by atoms with Crippen molar-refractivity contribution in [2.24, 2.45) is 5.92 Å². The molecule has 5 nitrogen and oxygen atoms in total. The third-order valence-electron chi connectivity index (χ3n) is 5.53. The van der Waals surface area contributed by atoms with Crippen LogP contribution in [0.4, 0.5) is 0 Å². The van der Waals surface area contributed by atoms with Crippen molar-refractivity contribution in [2.75, 3.05) is 40.5 Å². The lowest BCUT2D eigenvalue weighted by atomic mass is 9.94. The predicted molar refractivity (Wildman–Crippen MR) is 112 cm³/mol. The first-order chi connectivity index (χ1) is 13.0. The van der Waals surface area contributed by atoms with Crippen molar-refractivity contribution in [2.45, 2.75) is 59.3 Å². The van der Waals surface area contributed by atoms with E-state index in [4.69, 9.17) is 14.2 Å². The molecule has 1 saturated heterocycles. The quantitative estimate of drug-likeness (QED) is 0.371. The van der Waals surface area contributed by atoms with Crippen molar-refractivity contribution in [3.05, 3.63) is 36.3 Å². The summed E-state index contributed by atoms with van der Waals surface area (Å²) in [4.78, 5) is 4.46. The van der Waals surface area contributed by atoms with E-state index < -0.39 is 0 Å². The molecule has 0 aliphatic carbocycles. The van der Waals surface area contributed by atoms with Gasteiger partial charge in [-0.15, -0.1) is 0 Å². The Hall–Kier alpha value is -1.30. The summed E-state index contributed by atoms with van der Waals surface area (Å²) in [7, 11) is 3.53. The lowest BCUT2D eigenvalue weighted by molar-refractivity contribution is -0.0830. The van der Waals surface area contributed by atoms with Crippen LogP contribution in [0.3, 0.4) is 0 Å². The van der Waals surface area contributed by atoms with Crippen LogP contribution in [0.25, 0.3) is 0 Å². The molecule has 0 saturated carbocycles. The number of hydrogen-bond acceptors (Lipinski definition) is 5. The minimum atomic E-state index is -0.160. The first kappa shape index (κ1) is 23.7. The molecular formula is C22H40N2O3. The van der Waals surface area contributed by atoms with Crippen molar-refractivity contribution in [1.29, 1.82) is 0 Å². The van der Waals surface area contributed by atoms with E-state index >= 15 is 0 Å². The Morgan fingerprint density at radius 2 is 1.85 bits per heavy atom. The highest BCUT2D eigenvalue weighted by Gasteiger charge is 2.33. The summed E-state index contributed by atoms with van der Waals surface area (Å²) in [6, 6.07) is 0. The van der Waals surface area contributed by atoms with E-state index in [9.17, 15) is 0 Å². The molecule has 1 fully saturated rings. The highest BCUT2D eigenvalue weighted by atomic mass is 16.5. The van der Waals surface area contributed by atoms with Gasteiger partial charge in [-0.1, -0.05) is 33.4 Å². The van der Waals surface area contributed by atoms with Crippen molar-refractivity contribution in [1.82, 2.24) is 9.80 Å². The fraction of sp³-hybridized carbons (Fsp3) is 0.727. The summed E-state index contributed by atoms with van der Waals surface area (Å²) in [5, 5.41) is 0. The molecule has 0 radical (unpaired) electrons. The zero-order valence-corrected chi connectivity index (χ0v) is 18.3. The van der Waals surface area contributed by atoms with Crippen LogP contribution in [0.15, 0.2) is 36.3 Å². The number of nitrogens with zero attached hydrogens (tertiary/aromatic N) is 2. The maximum atomic E-state index is 6.01. The van der Waals surface area contributed by atoms with E-state index in [0.29, 0.717) is 0 Å². The highest BCUT2D eigenvalue weighted by Crippen LogP contribution is 2.32. The van der Waals surface area contributed by atoms with Gasteiger partial charge < -0.3 is 24.0 Å². The second-order valence-corrected chi connectivity index (χ2v) is 7.14. The van der Waals surface area contributed by atoms with Crippen molar-refractivity contribution in [3.8, 4) is 0 Å². The molecule has 27 heavy (non-hydrogen) atoms. The molecule has 0 amide bonds. The van der Waals surface area contributed by atoms with Gasteiger partial charge in [0.1, 0.15) is 6.23 Å². The molecule has 0 aromatic heterocycles. The zero-order chi connectivity index (χ0) is 20.4. The smallest absolute Gasteiger partial charge is 0.138 e. The van der Waals surface area contributed by atoms with E-state index in [2.05, 4.69) is 50.7 Å².